The number of amides is 2. The predicted molar refractivity (Wildman–Crippen MR) is 93.9 cm³/mol. The van der Waals surface area contributed by atoms with E-state index < -0.39 is 11.8 Å². The Morgan fingerprint density at radius 2 is 1.84 bits per heavy atom. The fourth-order valence-corrected chi connectivity index (χ4v) is 2.79. The van der Waals surface area contributed by atoms with E-state index in [1.54, 1.807) is 12.1 Å². The largest absolute Gasteiger partial charge is 0.457 e. The summed E-state index contributed by atoms with van der Waals surface area (Å²) in [6, 6.07) is 7.22. The second-order valence-electron chi connectivity index (χ2n) is 5.65. The van der Waals surface area contributed by atoms with E-state index in [4.69, 9.17) is 16.6 Å². The van der Waals surface area contributed by atoms with Crippen LogP contribution >= 0.6 is 12.2 Å². The normalized spacial score (nSPS) is 14.4. The molecule has 5 N–H and O–H groups in total. The van der Waals surface area contributed by atoms with Crippen molar-refractivity contribution in [3.8, 4) is 11.3 Å². The van der Waals surface area contributed by atoms with Crippen molar-refractivity contribution in [3.63, 3.8) is 0 Å². The fourth-order valence-electron chi connectivity index (χ4n) is 2.60. The monoisotopic (exact) mass is 358 g/mol. The molecule has 1 aliphatic heterocycles. The third-order valence-corrected chi connectivity index (χ3v) is 4.06. The Kier molecular flexibility index (Phi) is 4.49. The van der Waals surface area contributed by atoms with Crippen LogP contribution in [-0.4, -0.2) is 22.1 Å². The maximum atomic E-state index is 11.9. The average Bonchev–Trinajstić information content (AvgIpc) is 3.01. The highest BCUT2D eigenvalue weighted by Crippen LogP contribution is 2.30. The second kappa shape index (κ2) is 6.60. The molecule has 0 radical (unpaired) electrons. The van der Waals surface area contributed by atoms with E-state index in [9.17, 15) is 14.8 Å². The average molecular weight is 358 g/mol. The topological polar surface area (TPSA) is 108 Å². The standard InChI is InChI=1S/C17H15N3O4S/c1-8-5-11(9(2)13(6-8)20-23)14-4-3-10(24-14)7-12-15(21)18-17(25)19-16(12)22/h3-7,20,23H,1-2H3,(H2,18,19,21,22,25)/p+1. The predicted octanol–water partition coefficient (Wildman–Crippen LogP) is 1.06. The number of rotatable bonds is 3. The lowest BCUT2D eigenvalue weighted by molar-refractivity contribution is -0.826. The summed E-state index contributed by atoms with van der Waals surface area (Å²) in [5.41, 5.74) is 4.32. The minimum Gasteiger partial charge on any atom is -0.457 e. The SMILES string of the molecule is Cc1cc([NH2+]O)c(C)c(-c2ccc(C=C3C(=O)NC(=S)NC3=O)o2)c1. The van der Waals surface area contributed by atoms with Crippen molar-refractivity contribution in [2.24, 2.45) is 0 Å². The first-order chi connectivity index (χ1) is 11.9. The van der Waals surface area contributed by atoms with Gasteiger partial charge in [0, 0.05) is 17.2 Å². The highest BCUT2D eigenvalue weighted by atomic mass is 32.1. The molecule has 2 heterocycles. The highest BCUT2D eigenvalue weighted by Gasteiger charge is 2.26. The van der Waals surface area contributed by atoms with Crippen LogP contribution in [0.1, 0.15) is 16.9 Å². The van der Waals surface area contributed by atoms with Gasteiger partial charge in [0.1, 0.15) is 17.1 Å². The molecule has 0 saturated carbocycles. The van der Waals surface area contributed by atoms with Crippen LogP contribution in [0.25, 0.3) is 17.4 Å². The van der Waals surface area contributed by atoms with Gasteiger partial charge in [-0.15, -0.1) is 0 Å². The van der Waals surface area contributed by atoms with Gasteiger partial charge in [0.15, 0.2) is 10.8 Å². The van der Waals surface area contributed by atoms with Crippen molar-refractivity contribution < 1.29 is 24.7 Å². The first kappa shape index (κ1) is 17.0. The molecule has 128 valence electrons. The number of nitrogens with one attached hydrogen (secondary N) is 2. The molecular weight excluding hydrogens is 342 g/mol. The zero-order valence-electron chi connectivity index (χ0n) is 13.5. The van der Waals surface area contributed by atoms with Crippen LogP contribution in [0, 0.1) is 13.8 Å². The number of hydrogen-bond acceptors (Lipinski definition) is 5. The van der Waals surface area contributed by atoms with Crippen LogP contribution < -0.4 is 16.1 Å². The molecule has 3 rings (SSSR count). The smallest absolute Gasteiger partial charge is 0.263 e. The molecule has 2 aromatic rings. The molecule has 0 unspecified atom stereocenters. The van der Waals surface area contributed by atoms with Gasteiger partial charge in [0.05, 0.1) is 0 Å². The Hall–Kier alpha value is -2.81. The number of quaternary nitrogens is 1. The van der Waals surface area contributed by atoms with E-state index >= 15 is 0 Å². The number of carbonyl (C=O) groups excluding carboxylic acids is 2. The summed E-state index contributed by atoms with van der Waals surface area (Å²) in [5, 5.41) is 14.1. The summed E-state index contributed by atoms with van der Waals surface area (Å²) < 4.78 is 5.77. The fraction of sp³-hybridized carbons (Fsp3) is 0.118. The van der Waals surface area contributed by atoms with Crippen molar-refractivity contribution in [1.82, 2.24) is 10.6 Å². The zero-order chi connectivity index (χ0) is 18.1. The van der Waals surface area contributed by atoms with Gasteiger partial charge in [0.25, 0.3) is 11.8 Å². The van der Waals surface area contributed by atoms with Gasteiger partial charge in [-0.2, -0.15) is 5.48 Å². The lowest BCUT2D eigenvalue weighted by atomic mass is 10.0. The van der Waals surface area contributed by atoms with Crippen molar-refractivity contribution in [1.29, 1.82) is 0 Å². The maximum absolute atomic E-state index is 11.9. The van der Waals surface area contributed by atoms with Gasteiger partial charge in [0.2, 0.25) is 0 Å². The Morgan fingerprint density at radius 3 is 2.48 bits per heavy atom. The summed E-state index contributed by atoms with van der Waals surface area (Å²) >= 11 is 4.76. The lowest BCUT2D eigenvalue weighted by Crippen LogP contribution is -2.74. The third kappa shape index (κ3) is 3.36. The van der Waals surface area contributed by atoms with Gasteiger partial charge in [-0.05, 0) is 55.9 Å². The van der Waals surface area contributed by atoms with Gasteiger partial charge >= 0.3 is 0 Å². The Labute approximate surface area is 148 Å². The molecule has 1 fully saturated rings. The molecule has 8 heteroatoms. The molecule has 1 aliphatic rings. The highest BCUT2D eigenvalue weighted by molar-refractivity contribution is 7.80. The third-order valence-electron chi connectivity index (χ3n) is 3.85. The van der Waals surface area contributed by atoms with E-state index in [-0.39, 0.29) is 10.7 Å². The van der Waals surface area contributed by atoms with E-state index in [0.29, 0.717) is 17.2 Å². The molecule has 25 heavy (non-hydrogen) atoms. The number of furan rings is 1. The minimum absolute atomic E-state index is 0.0181. The van der Waals surface area contributed by atoms with Gasteiger partial charge in [-0.1, -0.05) is 0 Å². The number of thiocarbonyl (C=S) groups is 1. The van der Waals surface area contributed by atoms with Gasteiger partial charge in [-0.3, -0.25) is 20.2 Å². The molecule has 0 bridgehead atoms. The lowest BCUT2D eigenvalue weighted by Gasteiger charge is -2.15. The number of aryl methyl sites for hydroxylation is 1. The molecule has 1 aromatic heterocycles. The summed E-state index contributed by atoms with van der Waals surface area (Å²) in [6.07, 6.45) is 1.36. The van der Waals surface area contributed by atoms with Crippen LogP contribution in [0.5, 0.6) is 0 Å². The Morgan fingerprint density at radius 1 is 1.16 bits per heavy atom. The van der Waals surface area contributed by atoms with Crippen molar-refractivity contribution in [2.45, 2.75) is 13.8 Å². The Balaban J connectivity index is 1.98. The van der Waals surface area contributed by atoms with Gasteiger partial charge in [-0.25, -0.2) is 5.21 Å². The maximum Gasteiger partial charge on any atom is 0.263 e. The van der Waals surface area contributed by atoms with Crippen molar-refractivity contribution >= 4 is 40.9 Å². The molecule has 0 aliphatic carbocycles. The first-order valence-corrected chi connectivity index (χ1v) is 7.87. The number of nitrogens with two attached hydrogens (primary N) is 1. The molecule has 0 spiro atoms. The van der Waals surface area contributed by atoms with Crippen LogP contribution in [0.3, 0.4) is 0 Å². The van der Waals surface area contributed by atoms with Crippen LogP contribution in [0.15, 0.2) is 34.3 Å². The Bertz CT molecular complexity index is 908. The summed E-state index contributed by atoms with van der Waals surface area (Å²) in [4.78, 5) is 23.8. The molecular formula is C17H16N3O4S+. The number of benzene rings is 1. The molecule has 7 nitrogen and oxygen atoms in total. The summed E-state index contributed by atoms with van der Waals surface area (Å²) in [5.74, 6) is -0.215. The second-order valence-corrected chi connectivity index (χ2v) is 6.06. The van der Waals surface area contributed by atoms with Crippen LogP contribution in [-0.2, 0) is 9.59 Å². The quantitative estimate of drug-likeness (QED) is 0.216. The minimum atomic E-state index is -0.574. The zero-order valence-corrected chi connectivity index (χ0v) is 14.4. The molecule has 2 amide bonds. The van der Waals surface area contributed by atoms with Crippen molar-refractivity contribution in [3.05, 3.63) is 46.7 Å². The van der Waals surface area contributed by atoms with E-state index in [1.807, 2.05) is 26.0 Å². The van der Waals surface area contributed by atoms with E-state index in [1.165, 1.54) is 6.08 Å². The van der Waals surface area contributed by atoms with Crippen LogP contribution in [0.2, 0.25) is 0 Å². The summed E-state index contributed by atoms with van der Waals surface area (Å²) in [6.45, 7) is 3.79. The van der Waals surface area contributed by atoms with Crippen LogP contribution in [0.4, 0.5) is 5.69 Å². The first-order valence-electron chi connectivity index (χ1n) is 7.46. The van der Waals surface area contributed by atoms with Crippen molar-refractivity contribution in [2.75, 3.05) is 0 Å². The van der Waals surface area contributed by atoms with E-state index in [0.717, 1.165) is 22.2 Å². The number of carbonyl (C=O) groups is 2. The number of hydrogen-bond donors (Lipinski definition) is 4. The molecule has 1 saturated heterocycles. The van der Waals surface area contributed by atoms with Gasteiger partial charge < -0.3 is 4.42 Å². The molecule has 0 atom stereocenters. The van der Waals surface area contributed by atoms with E-state index in [2.05, 4.69) is 10.6 Å². The molecule has 1 aromatic carbocycles. The summed E-state index contributed by atoms with van der Waals surface area (Å²) in [7, 11) is 0.